The summed E-state index contributed by atoms with van der Waals surface area (Å²) in [4.78, 5) is 30.2. The Bertz CT molecular complexity index is 1160. The molecule has 0 bridgehead atoms. The van der Waals surface area contributed by atoms with Gasteiger partial charge in [0.1, 0.15) is 11.4 Å². The van der Waals surface area contributed by atoms with Crippen molar-refractivity contribution in [2.45, 2.75) is 26.9 Å². The third-order valence-electron chi connectivity index (χ3n) is 5.35. The summed E-state index contributed by atoms with van der Waals surface area (Å²) in [6.07, 6.45) is 0.0387. The van der Waals surface area contributed by atoms with Crippen LogP contribution in [0.25, 0.3) is 5.57 Å². The first-order valence-electron chi connectivity index (χ1n) is 10.6. The summed E-state index contributed by atoms with van der Waals surface area (Å²) in [5, 5.41) is 0. The standard InChI is InChI=1S/C27H26N2O3/c1-18(2)32-23-16-14-22(15-17-23)29-26(30)24(20-12-10-19(3)11-13-20)25(27(29)31)28(4)21-8-6-5-7-9-21/h5-18H,1-4H3. The number of para-hydroxylation sites is 1. The molecule has 3 aromatic rings. The van der Waals surface area contributed by atoms with Gasteiger partial charge in [-0.2, -0.15) is 0 Å². The molecule has 0 atom stereocenters. The van der Waals surface area contributed by atoms with E-state index in [0.717, 1.165) is 11.3 Å². The number of carbonyl (C=O) groups excluding carboxylic acids is 2. The first-order valence-corrected chi connectivity index (χ1v) is 10.6. The smallest absolute Gasteiger partial charge is 0.282 e. The highest BCUT2D eigenvalue weighted by atomic mass is 16.5. The number of imide groups is 1. The number of rotatable bonds is 6. The molecular formula is C27H26N2O3. The largest absolute Gasteiger partial charge is 0.491 e. The van der Waals surface area contributed by atoms with Gasteiger partial charge in [0.2, 0.25) is 0 Å². The van der Waals surface area contributed by atoms with Crippen molar-refractivity contribution >= 4 is 28.8 Å². The third-order valence-corrected chi connectivity index (χ3v) is 5.35. The van der Waals surface area contributed by atoms with Crippen LogP contribution in [0, 0.1) is 6.92 Å². The molecule has 0 unspecified atom stereocenters. The fraction of sp³-hybridized carbons (Fsp3) is 0.185. The lowest BCUT2D eigenvalue weighted by Crippen LogP contribution is -2.34. The zero-order valence-electron chi connectivity index (χ0n) is 18.7. The lowest BCUT2D eigenvalue weighted by Gasteiger charge is -2.21. The molecule has 1 aliphatic heterocycles. The van der Waals surface area contributed by atoms with Crippen LogP contribution < -0.4 is 14.5 Å². The third kappa shape index (κ3) is 4.02. The Morgan fingerprint density at radius 2 is 1.44 bits per heavy atom. The lowest BCUT2D eigenvalue weighted by molar-refractivity contribution is -0.120. The number of benzene rings is 3. The first-order chi connectivity index (χ1) is 15.4. The highest BCUT2D eigenvalue weighted by molar-refractivity contribution is 6.46. The van der Waals surface area contributed by atoms with Gasteiger partial charge in [0, 0.05) is 12.7 Å². The molecule has 0 radical (unpaired) electrons. The second kappa shape index (κ2) is 8.71. The number of carbonyl (C=O) groups is 2. The number of anilines is 2. The SMILES string of the molecule is Cc1ccc(C2=C(N(C)c3ccccc3)C(=O)N(c3ccc(OC(C)C)cc3)C2=O)cc1. The van der Waals surface area contributed by atoms with E-state index < -0.39 is 0 Å². The van der Waals surface area contributed by atoms with Crippen molar-refractivity contribution in [3.8, 4) is 5.75 Å². The van der Waals surface area contributed by atoms with Crippen LogP contribution in [-0.2, 0) is 9.59 Å². The average Bonchev–Trinajstić information content (AvgIpc) is 3.05. The minimum absolute atomic E-state index is 0.0387. The van der Waals surface area contributed by atoms with Crippen molar-refractivity contribution in [1.82, 2.24) is 0 Å². The number of hydrogen-bond acceptors (Lipinski definition) is 4. The van der Waals surface area contributed by atoms with E-state index in [1.807, 2.05) is 82.4 Å². The highest BCUT2D eigenvalue weighted by Gasteiger charge is 2.42. The van der Waals surface area contributed by atoms with Crippen LogP contribution in [0.15, 0.2) is 84.6 Å². The van der Waals surface area contributed by atoms with Crippen molar-refractivity contribution in [2.75, 3.05) is 16.8 Å². The van der Waals surface area contributed by atoms with Crippen molar-refractivity contribution < 1.29 is 14.3 Å². The molecule has 0 spiro atoms. The molecule has 5 nitrogen and oxygen atoms in total. The average molecular weight is 427 g/mol. The number of ether oxygens (including phenoxy) is 1. The van der Waals surface area contributed by atoms with Gasteiger partial charge in [0.15, 0.2) is 0 Å². The maximum absolute atomic E-state index is 13.6. The van der Waals surface area contributed by atoms with Crippen molar-refractivity contribution in [3.05, 3.63) is 95.7 Å². The topological polar surface area (TPSA) is 49.9 Å². The predicted molar refractivity (Wildman–Crippen MR) is 128 cm³/mol. The molecule has 0 saturated heterocycles. The van der Waals surface area contributed by atoms with E-state index in [1.165, 1.54) is 4.90 Å². The lowest BCUT2D eigenvalue weighted by atomic mass is 10.0. The zero-order valence-corrected chi connectivity index (χ0v) is 18.7. The second-order valence-electron chi connectivity index (χ2n) is 8.09. The Kier molecular flexibility index (Phi) is 5.82. The van der Waals surface area contributed by atoms with Gasteiger partial charge in [-0.05, 0) is 62.7 Å². The van der Waals surface area contributed by atoms with Gasteiger partial charge in [-0.3, -0.25) is 9.59 Å². The van der Waals surface area contributed by atoms with E-state index in [1.54, 1.807) is 29.2 Å². The predicted octanol–water partition coefficient (Wildman–Crippen LogP) is 5.20. The van der Waals surface area contributed by atoms with Crippen LogP contribution in [0.1, 0.15) is 25.0 Å². The quantitative estimate of drug-likeness (QED) is 0.508. The molecule has 0 aliphatic carbocycles. The summed E-state index contributed by atoms with van der Waals surface area (Å²) in [5.41, 5.74) is 3.89. The Morgan fingerprint density at radius 1 is 0.812 bits per heavy atom. The summed E-state index contributed by atoms with van der Waals surface area (Å²) >= 11 is 0. The number of hydrogen-bond donors (Lipinski definition) is 0. The van der Waals surface area contributed by atoms with E-state index >= 15 is 0 Å². The number of aryl methyl sites for hydroxylation is 1. The van der Waals surface area contributed by atoms with Gasteiger partial charge in [-0.15, -0.1) is 0 Å². The molecule has 1 aliphatic rings. The van der Waals surface area contributed by atoms with Crippen LogP contribution >= 0.6 is 0 Å². The number of likely N-dealkylation sites (N-methyl/N-ethyl adjacent to an activating group) is 1. The van der Waals surface area contributed by atoms with Gasteiger partial charge >= 0.3 is 0 Å². The van der Waals surface area contributed by atoms with E-state index in [9.17, 15) is 9.59 Å². The monoisotopic (exact) mass is 426 g/mol. The van der Waals surface area contributed by atoms with E-state index in [2.05, 4.69) is 0 Å². The molecule has 1 heterocycles. The highest BCUT2D eigenvalue weighted by Crippen LogP contribution is 2.36. The van der Waals surface area contributed by atoms with Crippen molar-refractivity contribution in [1.29, 1.82) is 0 Å². The number of nitrogens with zero attached hydrogens (tertiary/aromatic N) is 2. The van der Waals surface area contributed by atoms with E-state index in [0.29, 0.717) is 28.3 Å². The maximum atomic E-state index is 13.6. The van der Waals surface area contributed by atoms with E-state index in [-0.39, 0.29) is 17.9 Å². The summed E-state index contributed by atoms with van der Waals surface area (Å²) < 4.78 is 5.70. The van der Waals surface area contributed by atoms with Gasteiger partial charge in [0.25, 0.3) is 11.8 Å². The van der Waals surface area contributed by atoms with Gasteiger partial charge in [0.05, 0.1) is 17.4 Å². The van der Waals surface area contributed by atoms with Gasteiger partial charge in [-0.1, -0.05) is 48.0 Å². The molecule has 4 rings (SSSR count). The summed E-state index contributed by atoms with van der Waals surface area (Å²) in [5.74, 6) is -0.000178. The molecule has 32 heavy (non-hydrogen) atoms. The van der Waals surface area contributed by atoms with Crippen molar-refractivity contribution in [3.63, 3.8) is 0 Å². The van der Waals surface area contributed by atoms with Crippen LogP contribution in [0.4, 0.5) is 11.4 Å². The molecule has 0 saturated carbocycles. The minimum Gasteiger partial charge on any atom is -0.491 e. The van der Waals surface area contributed by atoms with Gasteiger partial charge in [-0.25, -0.2) is 4.90 Å². The molecular weight excluding hydrogens is 400 g/mol. The Balaban J connectivity index is 1.78. The molecule has 3 aromatic carbocycles. The molecule has 0 aromatic heterocycles. The summed E-state index contributed by atoms with van der Waals surface area (Å²) in [6.45, 7) is 5.89. The Hall–Kier alpha value is -3.86. The van der Waals surface area contributed by atoms with Crippen LogP contribution in [0.3, 0.4) is 0 Å². The normalized spacial score (nSPS) is 13.8. The summed E-state index contributed by atoms with van der Waals surface area (Å²) in [6, 6.07) is 24.3. The molecule has 0 fully saturated rings. The van der Waals surface area contributed by atoms with Gasteiger partial charge < -0.3 is 9.64 Å². The molecule has 5 heteroatoms. The maximum Gasteiger partial charge on any atom is 0.282 e. The Morgan fingerprint density at radius 3 is 2.03 bits per heavy atom. The minimum atomic E-state index is -0.352. The first kappa shape index (κ1) is 21.4. The zero-order chi connectivity index (χ0) is 22.8. The fourth-order valence-corrected chi connectivity index (χ4v) is 3.77. The number of amides is 2. The molecule has 162 valence electrons. The summed E-state index contributed by atoms with van der Waals surface area (Å²) in [7, 11) is 1.81. The molecule has 2 amide bonds. The fourth-order valence-electron chi connectivity index (χ4n) is 3.77. The molecule has 0 N–H and O–H groups in total. The van der Waals surface area contributed by atoms with Crippen molar-refractivity contribution in [2.24, 2.45) is 0 Å². The second-order valence-corrected chi connectivity index (χ2v) is 8.09. The van der Waals surface area contributed by atoms with E-state index in [4.69, 9.17) is 4.74 Å². The van der Waals surface area contributed by atoms with Crippen LogP contribution in [-0.4, -0.2) is 25.0 Å². The Labute approximate surface area is 188 Å². The van der Waals surface area contributed by atoms with Crippen LogP contribution in [0.2, 0.25) is 0 Å². The van der Waals surface area contributed by atoms with Crippen LogP contribution in [0.5, 0.6) is 5.75 Å².